The van der Waals surface area contributed by atoms with Crippen LogP contribution in [-0.4, -0.2) is 30.1 Å². The van der Waals surface area contributed by atoms with Gasteiger partial charge in [0.2, 0.25) is 5.13 Å². The van der Waals surface area contributed by atoms with Gasteiger partial charge in [0.25, 0.3) is 0 Å². The van der Waals surface area contributed by atoms with Crippen LogP contribution in [0.5, 0.6) is 0 Å². The molecule has 130 valence electrons. The fraction of sp³-hybridized carbons (Fsp3) is 0.263. The Morgan fingerprint density at radius 1 is 1.08 bits per heavy atom. The molecule has 25 heavy (non-hydrogen) atoms. The molecule has 5 nitrogen and oxygen atoms in total. The van der Waals surface area contributed by atoms with Crippen LogP contribution in [0.25, 0.3) is 0 Å². The highest BCUT2D eigenvalue weighted by Gasteiger charge is 2.06. The van der Waals surface area contributed by atoms with Crippen molar-refractivity contribution in [3.05, 3.63) is 66.0 Å². The molecular weight excluding hydrogens is 332 g/mol. The van der Waals surface area contributed by atoms with Gasteiger partial charge in [0.15, 0.2) is 0 Å². The van der Waals surface area contributed by atoms with Gasteiger partial charge in [-0.25, -0.2) is 4.98 Å². The van der Waals surface area contributed by atoms with Gasteiger partial charge in [-0.3, -0.25) is 0 Å². The summed E-state index contributed by atoms with van der Waals surface area (Å²) in [6.07, 6.45) is 0.734. The second-order valence-electron chi connectivity index (χ2n) is 5.77. The van der Waals surface area contributed by atoms with Crippen molar-refractivity contribution < 1.29 is 4.74 Å². The molecule has 0 saturated carbocycles. The normalized spacial score (nSPS) is 10.6. The Morgan fingerprint density at radius 2 is 1.84 bits per heavy atom. The van der Waals surface area contributed by atoms with E-state index in [2.05, 4.69) is 75.2 Å². The maximum Gasteiger partial charge on any atom is 0.207 e. The Balaban J connectivity index is 1.59. The summed E-state index contributed by atoms with van der Waals surface area (Å²) in [5.41, 5.74) is 3.48. The number of anilines is 3. The second-order valence-corrected chi connectivity index (χ2v) is 6.52. The van der Waals surface area contributed by atoms with Crippen LogP contribution in [0.4, 0.5) is 16.5 Å². The van der Waals surface area contributed by atoms with Crippen LogP contribution in [0.1, 0.15) is 11.4 Å². The average molecular weight is 354 g/mol. The third-order valence-electron chi connectivity index (χ3n) is 3.82. The molecule has 0 bridgehead atoms. The topological polar surface area (TPSA) is 50.3 Å². The zero-order valence-corrected chi connectivity index (χ0v) is 15.3. The minimum absolute atomic E-state index is 0.638. The molecule has 0 aliphatic rings. The first kappa shape index (κ1) is 17.4. The van der Waals surface area contributed by atoms with E-state index in [0.29, 0.717) is 6.61 Å². The van der Waals surface area contributed by atoms with Gasteiger partial charge in [-0.15, -0.1) is 0 Å². The minimum Gasteiger partial charge on any atom is -0.384 e. The van der Waals surface area contributed by atoms with Gasteiger partial charge in [-0.1, -0.05) is 30.3 Å². The summed E-state index contributed by atoms with van der Waals surface area (Å²) in [6, 6.07) is 18.8. The largest absolute Gasteiger partial charge is 0.384 e. The number of methoxy groups -OCH3 is 1. The molecule has 0 unspecified atom stereocenters. The van der Waals surface area contributed by atoms with Crippen LogP contribution >= 0.6 is 11.5 Å². The molecule has 1 N–H and O–H groups in total. The Kier molecular flexibility index (Phi) is 5.98. The molecule has 0 radical (unpaired) electrons. The van der Waals surface area contributed by atoms with Crippen molar-refractivity contribution in [2.45, 2.75) is 13.0 Å². The van der Waals surface area contributed by atoms with Gasteiger partial charge in [0.05, 0.1) is 6.61 Å². The van der Waals surface area contributed by atoms with E-state index in [1.165, 1.54) is 22.8 Å². The number of hydrogen-bond acceptors (Lipinski definition) is 6. The van der Waals surface area contributed by atoms with Crippen molar-refractivity contribution in [2.24, 2.45) is 0 Å². The van der Waals surface area contributed by atoms with Crippen LogP contribution in [-0.2, 0) is 17.7 Å². The van der Waals surface area contributed by atoms with Crippen LogP contribution in [0.3, 0.4) is 0 Å². The van der Waals surface area contributed by atoms with Crippen molar-refractivity contribution in [3.63, 3.8) is 0 Å². The van der Waals surface area contributed by atoms with Gasteiger partial charge in [0.1, 0.15) is 5.82 Å². The first-order chi connectivity index (χ1) is 12.2. The standard InChI is InChI=1S/C19H22N4OS/c1-23(14-15-6-4-3-5-7-15)17-10-8-16(9-11-17)20-19-21-18(22-25-19)12-13-24-2/h3-11H,12-14H2,1-2H3,(H,20,21,22). The number of nitrogens with one attached hydrogen (secondary N) is 1. The number of ether oxygens (including phenoxy) is 1. The van der Waals surface area contributed by atoms with E-state index in [9.17, 15) is 0 Å². The van der Waals surface area contributed by atoms with Crippen molar-refractivity contribution in [1.82, 2.24) is 9.36 Å². The van der Waals surface area contributed by atoms with E-state index in [1.54, 1.807) is 7.11 Å². The van der Waals surface area contributed by atoms with Crippen LogP contribution < -0.4 is 10.2 Å². The van der Waals surface area contributed by atoms with Crippen molar-refractivity contribution in [3.8, 4) is 0 Å². The molecule has 0 atom stereocenters. The van der Waals surface area contributed by atoms with E-state index >= 15 is 0 Å². The Labute approximate surface area is 152 Å². The van der Waals surface area contributed by atoms with E-state index < -0.39 is 0 Å². The summed E-state index contributed by atoms with van der Waals surface area (Å²) < 4.78 is 9.37. The highest BCUT2D eigenvalue weighted by Crippen LogP contribution is 2.22. The lowest BCUT2D eigenvalue weighted by molar-refractivity contribution is 0.201. The molecular formula is C19H22N4OS. The third kappa shape index (κ3) is 5.01. The molecule has 0 aliphatic heterocycles. The van der Waals surface area contributed by atoms with Gasteiger partial charge in [-0.2, -0.15) is 4.37 Å². The summed E-state index contributed by atoms with van der Waals surface area (Å²) >= 11 is 1.37. The average Bonchev–Trinajstić information content (AvgIpc) is 3.08. The third-order valence-corrected chi connectivity index (χ3v) is 4.49. The van der Waals surface area contributed by atoms with Gasteiger partial charge in [-0.05, 0) is 29.8 Å². The molecule has 3 aromatic rings. The lowest BCUT2D eigenvalue weighted by atomic mass is 10.2. The molecule has 0 saturated heterocycles. The Hall–Kier alpha value is -2.44. The number of nitrogens with zero attached hydrogens (tertiary/aromatic N) is 3. The highest BCUT2D eigenvalue weighted by molar-refractivity contribution is 7.09. The molecule has 1 aromatic heterocycles. The van der Waals surface area contributed by atoms with Crippen LogP contribution in [0.15, 0.2) is 54.6 Å². The molecule has 0 aliphatic carbocycles. The lowest BCUT2D eigenvalue weighted by Gasteiger charge is -2.19. The number of hydrogen-bond donors (Lipinski definition) is 1. The quantitative estimate of drug-likeness (QED) is 0.660. The summed E-state index contributed by atoms with van der Waals surface area (Å²) in [4.78, 5) is 6.69. The van der Waals surface area contributed by atoms with Crippen molar-refractivity contribution in [2.75, 3.05) is 31.0 Å². The Bertz CT molecular complexity index is 774. The SMILES string of the molecule is COCCc1nsc(Nc2ccc(N(C)Cc3ccccc3)cc2)n1. The molecule has 0 fully saturated rings. The monoisotopic (exact) mass is 354 g/mol. The smallest absolute Gasteiger partial charge is 0.207 e. The van der Waals surface area contributed by atoms with Crippen molar-refractivity contribution >= 4 is 28.0 Å². The van der Waals surface area contributed by atoms with Crippen LogP contribution in [0.2, 0.25) is 0 Å². The minimum atomic E-state index is 0.638. The first-order valence-electron chi connectivity index (χ1n) is 8.18. The van der Waals surface area contributed by atoms with E-state index in [-0.39, 0.29) is 0 Å². The zero-order chi connectivity index (χ0) is 17.5. The molecule has 0 spiro atoms. The van der Waals surface area contributed by atoms with E-state index in [0.717, 1.165) is 29.6 Å². The van der Waals surface area contributed by atoms with Crippen LogP contribution in [0, 0.1) is 0 Å². The maximum atomic E-state index is 5.05. The molecule has 2 aromatic carbocycles. The van der Waals surface area contributed by atoms with Crippen molar-refractivity contribution in [1.29, 1.82) is 0 Å². The molecule has 6 heteroatoms. The first-order valence-corrected chi connectivity index (χ1v) is 8.95. The number of rotatable bonds is 8. The Morgan fingerprint density at radius 3 is 2.56 bits per heavy atom. The zero-order valence-electron chi connectivity index (χ0n) is 14.5. The highest BCUT2D eigenvalue weighted by atomic mass is 32.1. The predicted molar refractivity (Wildman–Crippen MR) is 104 cm³/mol. The fourth-order valence-electron chi connectivity index (χ4n) is 2.47. The predicted octanol–water partition coefficient (Wildman–Crippen LogP) is 4.11. The molecule has 1 heterocycles. The second kappa shape index (κ2) is 8.60. The summed E-state index contributed by atoms with van der Waals surface area (Å²) in [7, 11) is 3.78. The number of aromatic nitrogens is 2. The number of benzene rings is 2. The van der Waals surface area contributed by atoms with Gasteiger partial charge in [0, 0.05) is 50.0 Å². The maximum absolute atomic E-state index is 5.05. The molecule has 0 amide bonds. The van der Waals surface area contributed by atoms with E-state index in [1.807, 2.05) is 6.07 Å². The van der Waals surface area contributed by atoms with Gasteiger partial charge >= 0.3 is 0 Å². The molecule has 3 rings (SSSR count). The summed E-state index contributed by atoms with van der Waals surface area (Å²) in [5.74, 6) is 0.813. The summed E-state index contributed by atoms with van der Waals surface area (Å²) in [6.45, 7) is 1.52. The fourth-order valence-corrected chi connectivity index (χ4v) is 3.10. The summed E-state index contributed by atoms with van der Waals surface area (Å²) in [5, 5.41) is 4.10. The van der Waals surface area contributed by atoms with E-state index in [4.69, 9.17) is 4.74 Å². The lowest BCUT2D eigenvalue weighted by Crippen LogP contribution is -2.16. The van der Waals surface area contributed by atoms with Gasteiger partial charge < -0.3 is 15.0 Å².